The van der Waals surface area contributed by atoms with Crippen molar-refractivity contribution in [3.63, 3.8) is 0 Å². The fourth-order valence-electron chi connectivity index (χ4n) is 6.13. The molecule has 3 aliphatic rings. The number of benzene rings is 1. The number of rotatable bonds is 7. The highest BCUT2D eigenvalue weighted by Crippen LogP contribution is 2.43. The van der Waals surface area contributed by atoms with Crippen molar-refractivity contribution in [3.05, 3.63) is 24.4 Å². The molecule has 1 aliphatic heterocycles. The van der Waals surface area contributed by atoms with E-state index in [1.807, 2.05) is 24.4 Å². The number of hydrogen-bond acceptors (Lipinski definition) is 3. The highest BCUT2D eigenvalue weighted by atomic mass is 19.4. The number of fused-ring (bicyclic) bond motifs is 2. The zero-order valence-corrected chi connectivity index (χ0v) is 19.0. The normalized spacial score (nSPS) is 29.8. The third kappa shape index (κ3) is 5.15. The van der Waals surface area contributed by atoms with Crippen LogP contribution >= 0.6 is 0 Å². The van der Waals surface area contributed by atoms with E-state index in [2.05, 4.69) is 17.2 Å². The van der Waals surface area contributed by atoms with Crippen LogP contribution in [0.5, 0.6) is 5.75 Å². The first-order valence-corrected chi connectivity index (χ1v) is 12.1. The largest absolute Gasteiger partial charge is 0.494 e. The molecule has 3 atom stereocenters. The van der Waals surface area contributed by atoms with Gasteiger partial charge in [-0.05, 0) is 74.0 Å². The van der Waals surface area contributed by atoms with Gasteiger partial charge in [-0.25, -0.2) is 0 Å². The van der Waals surface area contributed by atoms with E-state index in [4.69, 9.17) is 4.74 Å². The molecule has 1 amide bonds. The number of carbonyl (C=O) groups is 1. The minimum atomic E-state index is -4.11. The third-order valence-corrected chi connectivity index (χ3v) is 7.78. The number of amides is 1. The second-order valence-corrected chi connectivity index (χ2v) is 10.5. The molecule has 1 aromatic heterocycles. The van der Waals surface area contributed by atoms with Crippen molar-refractivity contribution in [3.8, 4) is 5.75 Å². The summed E-state index contributed by atoms with van der Waals surface area (Å²) in [5, 5.41) is 3.99. The van der Waals surface area contributed by atoms with Crippen LogP contribution in [0.4, 0.5) is 18.9 Å². The van der Waals surface area contributed by atoms with Crippen molar-refractivity contribution >= 4 is 22.5 Å². The van der Waals surface area contributed by atoms with Gasteiger partial charge in [-0.15, -0.1) is 0 Å². The molecule has 5 nitrogen and oxygen atoms in total. The van der Waals surface area contributed by atoms with Gasteiger partial charge in [0.15, 0.2) is 0 Å². The topological polar surface area (TPSA) is 57.4 Å². The molecule has 0 radical (unpaired) electrons. The molecule has 0 unspecified atom stereocenters. The number of H-pyrrole nitrogens is 1. The third-order valence-electron chi connectivity index (χ3n) is 7.78. The molecule has 2 aromatic rings. The van der Waals surface area contributed by atoms with Crippen molar-refractivity contribution in [1.29, 1.82) is 0 Å². The molecule has 1 saturated heterocycles. The van der Waals surface area contributed by atoms with Gasteiger partial charge in [0.1, 0.15) is 5.75 Å². The van der Waals surface area contributed by atoms with Gasteiger partial charge in [-0.3, -0.25) is 9.69 Å². The average Bonchev–Trinajstić information content (AvgIpc) is 3.37. The summed E-state index contributed by atoms with van der Waals surface area (Å²) in [6, 6.07) is 5.85. The summed E-state index contributed by atoms with van der Waals surface area (Å²) in [5.74, 6) is 2.88. The number of anilines is 1. The molecule has 5 rings (SSSR count). The van der Waals surface area contributed by atoms with Gasteiger partial charge in [0.05, 0.1) is 18.8 Å². The first-order valence-electron chi connectivity index (χ1n) is 12.1. The smallest absolute Gasteiger partial charge is 0.401 e. The van der Waals surface area contributed by atoms with Crippen LogP contribution in [0.2, 0.25) is 0 Å². The van der Waals surface area contributed by atoms with E-state index in [0.717, 1.165) is 54.4 Å². The van der Waals surface area contributed by atoms with E-state index in [0.29, 0.717) is 43.4 Å². The first-order chi connectivity index (χ1) is 15.7. The fraction of sp³-hybridized carbons (Fsp3) is 0.640. The number of likely N-dealkylation sites (tertiary alicyclic amines) is 1. The molecule has 2 N–H and O–H groups in total. The van der Waals surface area contributed by atoms with Gasteiger partial charge in [0, 0.05) is 36.1 Å². The molecule has 2 aliphatic carbocycles. The van der Waals surface area contributed by atoms with Crippen LogP contribution in [-0.4, -0.2) is 48.2 Å². The number of alkyl halides is 3. The van der Waals surface area contributed by atoms with Crippen LogP contribution in [-0.2, 0) is 4.79 Å². The maximum absolute atomic E-state index is 12.6. The zero-order valence-electron chi connectivity index (χ0n) is 19.0. The Bertz CT molecular complexity index is 984. The van der Waals surface area contributed by atoms with E-state index < -0.39 is 12.7 Å². The summed E-state index contributed by atoms with van der Waals surface area (Å²) in [4.78, 5) is 17.2. The minimum Gasteiger partial charge on any atom is -0.494 e. The maximum atomic E-state index is 12.6. The Hall–Kier alpha value is -2.22. The van der Waals surface area contributed by atoms with Crippen LogP contribution in [0.1, 0.15) is 39.0 Å². The van der Waals surface area contributed by atoms with Crippen molar-refractivity contribution in [2.75, 3.05) is 31.6 Å². The monoisotopic (exact) mass is 463 g/mol. The fourth-order valence-corrected chi connectivity index (χ4v) is 6.13. The number of aromatic amines is 1. The maximum Gasteiger partial charge on any atom is 0.401 e. The predicted octanol–water partition coefficient (Wildman–Crippen LogP) is 5.44. The lowest BCUT2D eigenvalue weighted by atomic mass is 9.75. The zero-order chi connectivity index (χ0) is 23.2. The molecule has 2 saturated carbocycles. The Morgan fingerprint density at radius 2 is 1.91 bits per heavy atom. The van der Waals surface area contributed by atoms with Crippen molar-refractivity contribution in [2.24, 2.45) is 29.6 Å². The van der Waals surface area contributed by atoms with E-state index in [1.54, 1.807) is 4.90 Å². The Balaban J connectivity index is 1.10. The Kier molecular flexibility index (Phi) is 6.05. The molecular weight excluding hydrogens is 431 g/mol. The SMILES string of the molecule is C[C@H]1C[C@@H](C(=O)Nc2c[nH]c3ccc(OCC[C@@H]4C[C@@H]5CN(CC(F)(F)F)C[C@@H]5C4)cc23)C1. The van der Waals surface area contributed by atoms with E-state index >= 15 is 0 Å². The molecule has 180 valence electrons. The molecular formula is C25H32F3N3O2. The number of halogens is 3. The molecule has 8 heteroatoms. The standard InChI is InChI=1S/C25H32F3N3O2/c1-15-6-17(7-15)24(32)30-23-11-29-22-3-2-20(10-21(22)23)33-5-4-16-8-18-12-31(13-19(18)9-16)14-25(26,27)28/h2-3,10-11,15-19,29H,4-9,12-14H2,1H3,(H,30,32)/t15-,16-,17+,18-,19+. The van der Waals surface area contributed by atoms with Crippen molar-refractivity contribution in [1.82, 2.24) is 9.88 Å². The average molecular weight is 464 g/mol. The Labute approximate surface area is 192 Å². The second kappa shape index (κ2) is 8.85. The lowest BCUT2D eigenvalue weighted by molar-refractivity contribution is -0.144. The van der Waals surface area contributed by atoms with Gasteiger partial charge in [-0.1, -0.05) is 6.92 Å². The van der Waals surface area contributed by atoms with Gasteiger partial charge in [-0.2, -0.15) is 13.2 Å². The molecule has 0 spiro atoms. The number of nitrogens with zero attached hydrogens (tertiary/aromatic N) is 1. The van der Waals surface area contributed by atoms with E-state index in [1.165, 1.54) is 0 Å². The van der Waals surface area contributed by atoms with Crippen LogP contribution in [0.15, 0.2) is 24.4 Å². The quantitative estimate of drug-likeness (QED) is 0.575. The van der Waals surface area contributed by atoms with Gasteiger partial charge in [0.25, 0.3) is 0 Å². The van der Waals surface area contributed by atoms with Gasteiger partial charge >= 0.3 is 6.18 Å². The van der Waals surface area contributed by atoms with Gasteiger partial charge < -0.3 is 15.0 Å². The van der Waals surface area contributed by atoms with Crippen molar-refractivity contribution in [2.45, 2.75) is 45.2 Å². The van der Waals surface area contributed by atoms with Crippen molar-refractivity contribution < 1.29 is 22.7 Å². The second-order valence-electron chi connectivity index (χ2n) is 10.5. The Morgan fingerprint density at radius 1 is 1.18 bits per heavy atom. The van der Waals surface area contributed by atoms with Gasteiger partial charge in [0.2, 0.25) is 5.91 Å². The molecule has 33 heavy (non-hydrogen) atoms. The lowest BCUT2D eigenvalue weighted by Crippen LogP contribution is -2.33. The Morgan fingerprint density at radius 3 is 2.58 bits per heavy atom. The number of hydrogen-bond donors (Lipinski definition) is 2. The van der Waals surface area contributed by atoms with Crippen LogP contribution < -0.4 is 10.1 Å². The van der Waals surface area contributed by atoms with Crippen LogP contribution in [0.25, 0.3) is 10.9 Å². The first kappa shape index (κ1) is 22.6. The minimum absolute atomic E-state index is 0.0842. The predicted molar refractivity (Wildman–Crippen MR) is 121 cm³/mol. The number of nitrogens with one attached hydrogen (secondary N) is 2. The summed E-state index contributed by atoms with van der Waals surface area (Å²) in [6.45, 7) is 3.12. The highest BCUT2D eigenvalue weighted by Gasteiger charge is 2.43. The summed E-state index contributed by atoms with van der Waals surface area (Å²) < 4.78 is 43.9. The molecule has 0 bridgehead atoms. The highest BCUT2D eigenvalue weighted by molar-refractivity contribution is 6.03. The van der Waals surface area contributed by atoms with E-state index in [-0.39, 0.29) is 11.8 Å². The molecule has 3 fully saturated rings. The summed E-state index contributed by atoms with van der Waals surface area (Å²) in [5.41, 5.74) is 1.73. The number of carbonyl (C=O) groups excluding carboxylic acids is 1. The summed E-state index contributed by atoms with van der Waals surface area (Å²) >= 11 is 0. The molecule has 2 heterocycles. The molecule has 1 aromatic carbocycles. The summed E-state index contributed by atoms with van der Waals surface area (Å²) in [6.07, 6.45) is 2.53. The lowest BCUT2D eigenvalue weighted by Gasteiger charge is -2.31. The number of aromatic nitrogens is 1. The van der Waals surface area contributed by atoms with Crippen LogP contribution in [0.3, 0.4) is 0 Å². The summed E-state index contributed by atoms with van der Waals surface area (Å²) in [7, 11) is 0. The van der Waals surface area contributed by atoms with E-state index in [9.17, 15) is 18.0 Å². The number of ether oxygens (including phenoxy) is 1. The van der Waals surface area contributed by atoms with Crippen LogP contribution in [0, 0.1) is 29.6 Å².